The second kappa shape index (κ2) is 7.66. The summed E-state index contributed by atoms with van der Waals surface area (Å²) in [6.07, 6.45) is 1.03. The van der Waals surface area contributed by atoms with Crippen LogP contribution in [0.3, 0.4) is 0 Å². The molecule has 0 bridgehead atoms. The summed E-state index contributed by atoms with van der Waals surface area (Å²) in [6.45, 7) is 11.6. The van der Waals surface area contributed by atoms with Crippen molar-refractivity contribution < 1.29 is 0 Å². The smallest absolute Gasteiger partial charge is 0.0358 e. The van der Waals surface area contributed by atoms with Gasteiger partial charge >= 0.3 is 0 Å². The van der Waals surface area contributed by atoms with Gasteiger partial charge in [0, 0.05) is 40.3 Å². The Morgan fingerprint density at radius 1 is 0.529 bits per heavy atom. The van der Waals surface area contributed by atoms with E-state index in [9.17, 15) is 0 Å². The Bertz CT molecular complexity index is 1690. The summed E-state index contributed by atoms with van der Waals surface area (Å²) in [5.41, 5.74) is 4.46. The average molecular weight is 479 g/mol. The van der Waals surface area contributed by atoms with Crippen LogP contribution in [0.5, 0.6) is 0 Å². The van der Waals surface area contributed by atoms with E-state index in [4.69, 9.17) is 0 Å². The van der Waals surface area contributed by atoms with E-state index >= 15 is 0 Å². The minimum atomic E-state index is 0.0636. The fraction of sp³-hybridized carbons (Fsp3) is 0.250. The lowest BCUT2D eigenvalue weighted by molar-refractivity contribution is 0.523. The first-order valence-electron chi connectivity index (χ1n) is 12.1. The molecule has 170 valence electrons. The normalized spacial score (nSPS) is 13.0. The van der Waals surface area contributed by atoms with Crippen LogP contribution in [-0.2, 0) is 17.3 Å². The van der Waals surface area contributed by atoms with E-state index in [0.717, 1.165) is 6.42 Å². The van der Waals surface area contributed by atoms with Crippen LogP contribution in [-0.4, -0.2) is 0 Å². The van der Waals surface area contributed by atoms with Crippen LogP contribution < -0.4 is 0 Å². The number of benzene rings is 4. The van der Waals surface area contributed by atoms with E-state index in [2.05, 4.69) is 113 Å². The van der Waals surface area contributed by atoms with Gasteiger partial charge in [-0.3, -0.25) is 0 Å². The van der Waals surface area contributed by atoms with E-state index in [1.165, 1.54) is 57.0 Å². The van der Waals surface area contributed by atoms with Crippen molar-refractivity contribution in [3.8, 4) is 0 Å². The Morgan fingerprint density at radius 2 is 1.15 bits per heavy atom. The number of thiophene rings is 2. The van der Waals surface area contributed by atoms with Gasteiger partial charge in [-0.1, -0.05) is 83.1 Å². The lowest BCUT2D eigenvalue weighted by Gasteiger charge is -2.26. The molecule has 0 atom stereocenters. The highest BCUT2D eigenvalue weighted by Gasteiger charge is 2.23. The van der Waals surface area contributed by atoms with Crippen LogP contribution in [0.4, 0.5) is 0 Å². The van der Waals surface area contributed by atoms with Gasteiger partial charge in [-0.15, -0.1) is 22.7 Å². The van der Waals surface area contributed by atoms with Gasteiger partial charge in [-0.2, -0.15) is 0 Å². The van der Waals surface area contributed by atoms with Crippen molar-refractivity contribution in [1.82, 2.24) is 0 Å². The molecule has 6 aromatic rings. The SMILES string of the molecule is CC(C)(C)c1ccc2sc3cc(CC(C)(C)c4ccc5c(c4)sc4ccccc45)ccc3c2c1. The van der Waals surface area contributed by atoms with E-state index in [1.54, 1.807) is 0 Å². The molecule has 34 heavy (non-hydrogen) atoms. The minimum Gasteiger partial charge on any atom is -0.135 e. The largest absolute Gasteiger partial charge is 0.135 e. The average Bonchev–Trinajstić information content (AvgIpc) is 3.34. The first-order chi connectivity index (χ1) is 16.2. The fourth-order valence-electron chi connectivity index (χ4n) is 5.16. The van der Waals surface area contributed by atoms with Crippen LogP contribution in [0.25, 0.3) is 40.3 Å². The summed E-state index contributed by atoms with van der Waals surface area (Å²) in [6, 6.07) is 30.0. The predicted molar refractivity (Wildman–Crippen MR) is 154 cm³/mol. The van der Waals surface area contributed by atoms with Gasteiger partial charge in [-0.05, 0) is 64.3 Å². The van der Waals surface area contributed by atoms with E-state index in [0.29, 0.717) is 0 Å². The summed E-state index contributed by atoms with van der Waals surface area (Å²) in [4.78, 5) is 0. The Hall–Kier alpha value is -2.68. The molecule has 4 aromatic carbocycles. The van der Waals surface area contributed by atoms with Crippen molar-refractivity contribution in [1.29, 1.82) is 0 Å². The van der Waals surface area contributed by atoms with Gasteiger partial charge < -0.3 is 0 Å². The Balaban J connectivity index is 1.36. The van der Waals surface area contributed by atoms with Crippen LogP contribution in [0.2, 0.25) is 0 Å². The maximum atomic E-state index is 2.43. The van der Waals surface area contributed by atoms with Crippen molar-refractivity contribution >= 4 is 63.0 Å². The maximum absolute atomic E-state index is 2.43. The number of fused-ring (bicyclic) bond motifs is 6. The third-order valence-corrected chi connectivity index (χ3v) is 9.48. The summed E-state index contributed by atoms with van der Waals surface area (Å²) in [5, 5.41) is 5.53. The number of hydrogen-bond acceptors (Lipinski definition) is 2. The highest BCUT2D eigenvalue weighted by Crippen LogP contribution is 2.40. The molecular weight excluding hydrogens is 448 g/mol. The molecule has 0 nitrogen and oxygen atoms in total. The molecule has 2 aromatic heterocycles. The lowest BCUT2D eigenvalue weighted by atomic mass is 9.79. The van der Waals surface area contributed by atoms with Crippen LogP contribution in [0.1, 0.15) is 51.3 Å². The summed E-state index contributed by atoms with van der Waals surface area (Å²) in [5.74, 6) is 0. The molecule has 0 aliphatic heterocycles. The van der Waals surface area contributed by atoms with Crippen molar-refractivity contribution in [3.63, 3.8) is 0 Å². The van der Waals surface area contributed by atoms with Crippen molar-refractivity contribution in [2.24, 2.45) is 0 Å². The van der Waals surface area contributed by atoms with Crippen molar-refractivity contribution in [2.45, 2.75) is 51.9 Å². The first kappa shape index (κ1) is 21.8. The topological polar surface area (TPSA) is 0 Å². The molecular formula is C32H30S2. The lowest BCUT2D eigenvalue weighted by Crippen LogP contribution is -2.20. The molecule has 0 saturated carbocycles. The molecule has 0 aliphatic carbocycles. The molecule has 2 heteroatoms. The first-order valence-corrected chi connectivity index (χ1v) is 13.7. The van der Waals surface area contributed by atoms with Crippen LogP contribution in [0, 0.1) is 0 Å². The third kappa shape index (κ3) is 3.65. The van der Waals surface area contributed by atoms with Gasteiger partial charge in [0.05, 0.1) is 0 Å². The van der Waals surface area contributed by atoms with Crippen molar-refractivity contribution in [3.05, 3.63) is 95.6 Å². The predicted octanol–water partition coefficient (Wildman–Crippen LogP) is 10.2. The Kier molecular flexibility index (Phi) is 4.92. The van der Waals surface area contributed by atoms with E-state index in [-0.39, 0.29) is 10.8 Å². The third-order valence-electron chi connectivity index (χ3n) is 7.21. The summed E-state index contributed by atoms with van der Waals surface area (Å²) < 4.78 is 5.54. The van der Waals surface area contributed by atoms with Gasteiger partial charge in [-0.25, -0.2) is 0 Å². The van der Waals surface area contributed by atoms with Gasteiger partial charge in [0.15, 0.2) is 0 Å². The highest BCUT2D eigenvalue weighted by atomic mass is 32.1. The second-order valence-corrected chi connectivity index (χ2v) is 13.4. The molecule has 0 saturated heterocycles. The Labute approximate surface area is 209 Å². The molecule has 2 heterocycles. The Morgan fingerprint density at radius 3 is 1.94 bits per heavy atom. The molecule has 0 fully saturated rings. The monoisotopic (exact) mass is 478 g/mol. The standard InChI is InChI=1S/C32H30S2/c1-31(2,3)21-12-15-28-26(17-21)25-13-10-20(16-29(25)34-28)19-32(4,5)22-11-14-24-23-8-6-7-9-27(23)33-30(24)18-22/h6-18H,19H2,1-5H3. The van der Waals surface area contributed by atoms with Gasteiger partial charge in [0.1, 0.15) is 0 Å². The molecule has 0 N–H and O–H groups in total. The number of hydrogen-bond donors (Lipinski definition) is 0. The second-order valence-electron chi connectivity index (χ2n) is 11.3. The zero-order chi connectivity index (χ0) is 23.7. The maximum Gasteiger partial charge on any atom is 0.0358 e. The van der Waals surface area contributed by atoms with Crippen LogP contribution in [0.15, 0.2) is 78.9 Å². The fourth-order valence-corrected chi connectivity index (χ4v) is 7.45. The summed E-state index contributed by atoms with van der Waals surface area (Å²) >= 11 is 3.83. The highest BCUT2D eigenvalue weighted by molar-refractivity contribution is 7.26. The van der Waals surface area contributed by atoms with Gasteiger partial charge in [0.2, 0.25) is 0 Å². The zero-order valence-corrected chi connectivity index (χ0v) is 22.2. The van der Waals surface area contributed by atoms with Crippen LogP contribution >= 0.6 is 22.7 Å². The van der Waals surface area contributed by atoms with Gasteiger partial charge in [0.25, 0.3) is 0 Å². The molecule has 0 amide bonds. The molecule has 0 unspecified atom stereocenters. The molecule has 0 radical (unpaired) electrons. The van der Waals surface area contributed by atoms with E-state index < -0.39 is 0 Å². The van der Waals surface area contributed by atoms with E-state index in [1.807, 2.05) is 22.7 Å². The number of rotatable bonds is 3. The molecule has 0 spiro atoms. The summed E-state index contributed by atoms with van der Waals surface area (Å²) in [7, 11) is 0. The quantitative estimate of drug-likeness (QED) is 0.237. The zero-order valence-electron chi connectivity index (χ0n) is 20.5. The molecule has 6 rings (SSSR count). The molecule has 0 aliphatic rings. The minimum absolute atomic E-state index is 0.0636. The van der Waals surface area contributed by atoms with Crippen molar-refractivity contribution in [2.75, 3.05) is 0 Å².